The predicted molar refractivity (Wildman–Crippen MR) is 125 cm³/mol. The first-order chi connectivity index (χ1) is 15.2. The molecule has 0 aliphatic heterocycles. The van der Waals surface area contributed by atoms with Gasteiger partial charge in [-0.25, -0.2) is 4.79 Å². The molecule has 31 heavy (non-hydrogen) atoms. The molecule has 0 bridgehead atoms. The molecule has 2 aromatic rings. The molecule has 0 radical (unpaired) electrons. The van der Waals surface area contributed by atoms with Gasteiger partial charge < -0.3 is 9.47 Å². The van der Waals surface area contributed by atoms with Crippen LogP contribution in [0.15, 0.2) is 42.6 Å². The number of aromatic nitrogens is 1. The summed E-state index contributed by atoms with van der Waals surface area (Å²) in [5.41, 5.74) is 1.58. The summed E-state index contributed by atoms with van der Waals surface area (Å²) in [6, 6.07) is 10.9. The highest BCUT2D eigenvalue weighted by atomic mass is 16.5. The number of carbonyl (C=O) groups is 1. The normalized spacial score (nSPS) is 18.5. The van der Waals surface area contributed by atoms with Crippen LogP contribution in [0, 0.1) is 11.8 Å². The van der Waals surface area contributed by atoms with E-state index in [1.165, 1.54) is 51.4 Å². The quantitative estimate of drug-likeness (QED) is 0.364. The van der Waals surface area contributed by atoms with Gasteiger partial charge in [-0.2, -0.15) is 0 Å². The third-order valence-electron chi connectivity index (χ3n) is 6.31. The van der Waals surface area contributed by atoms with Crippen LogP contribution in [0.1, 0.15) is 87.7 Å². The molecule has 0 atom stereocenters. The third kappa shape index (κ3) is 7.68. The van der Waals surface area contributed by atoms with Gasteiger partial charge in [0, 0.05) is 5.69 Å². The van der Waals surface area contributed by atoms with Crippen LogP contribution in [0.3, 0.4) is 0 Å². The fourth-order valence-electron chi connectivity index (χ4n) is 4.35. The van der Waals surface area contributed by atoms with Crippen molar-refractivity contribution >= 4 is 5.97 Å². The van der Waals surface area contributed by atoms with E-state index >= 15 is 0 Å². The average molecular weight is 424 g/mol. The van der Waals surface area contributed by atoms with Crippen molar-refractivity contribution in [3.63, 3.8) is 0 Å². The van der Waals surface area contributed by atoms with Crippen LogP contribution in [0.4, 0.5) is 0 Å². The van der Waals surface area contributed by atoms with Crippen molar-refractivity contribution in [3.05, 3.63) is 53.9 Å². The standard InChI is InChI=1S/C27H37NO3/c1-3-5-6-21-7-9-22(10-8-21)11-14-24-15-18-26(20-28-24)31-27(29)23-12-16-25(17-13-23)30-19-4-2/h12-13,15-18,20-22H,3-11,14,19H2,1-2H3/t21-,22-. The third-order valence-corrected chi connectivity index (χ3v) is 6.31. The average Bonchev–Trinajstić information content (AvgIpc) is 2.82. The van der Waals surface area contributed by atoms with E-state index < -0.39 is 0 Å². The molecule has 1 saturated carbocycles. The summed E-state index contributed by atoms with van der Waals surface area (Å²) < 4.78 is 11.0. The number of carbonyl (C=O) groups excluding carboxylic acids is 1. The van der Waals surface area contributed by atoms with Crippen LogP contribution in [0.25, 0.3) is 0 Å². The number of esters is 1. The van der Waals surface area contributed by atoms with Crippen LogP contribution in [-0.2, 0) is 6.42 Å². The van der Waals surface area contributed by atoms with Gasteiger partial charge in [0.05, 0.1) is 18.4 Å². The van der Waals surface area contributed by atoms with Gasteiger partial charge >= 0.3 is 5.97 Å². The smallest absolute Gasteiger partial charge is 0.343 e. The molecule has 1 aromatic carbocycles. The maximum Gasteiger partial charge on any atom is 0.343 e. The Labute approximate surface area is 187 Å². The number of benzene rings is 1. The maximum atomic E-state index is 12.4. The van der Waals surface area contributed by atoms with E-state index in [2.05, 4.69) is 18.8 Å². The van der Waals surface area contributed by atoms with Crippen molar-refractivity contribution in [1.29, 1.82) is 0 Å². The van der Waals surface area contributed by atoms with Crippen molar-refractivity contribution < 1.29 is 14.3 Å². The fraction of sp³-hybridized carbons (Fsp3) is 0.556. The second-order valence-electron chi connectivity index (χ2n) is 8.82. The van der Waals surface area contributed by atoms with Gasteiger partial charge in [-0.05, 0) is 67.5 Å². The Hall–Kier alpha value is -2.36. The van der Waals surface area contributed by atoms with Crippen LogP contribution in [0.2, 0.25) is 0 Å². The molecule has 1 fully saturated rings. The van der Waals surface area contributed by atoms with Gasteiger partial charge in [-0.15, -0.1) is 0 Å². The van der Waals surface area contributed by atoms with Crippen molar-refractivity contribution in [2.75, 3.05) is 6.61 Å². The number of unbranched alkanes of at least 4 members (excludes halogenated alkanes) is 1. The minimum absolute atomic E-state index is 0.378. The number of rotatable bonds is 11. The predicted octanol–water partition coefficient (Wildman–Crippen LogP) is 7.02. The number of hydrogen-bond acceptors (Lipinski definition) is 4. The van der Waals surface area contributed by atoms with E-state index in [0.29, 0.717) is 17.9 Å². The summed E-state index contributed by atoms with van der Waals surface area (Å²) in [5, 5.41) is 0. The van der Waals surface area contributed by atoms with E-state index in [4.69, 9.17) is 9.47 Å². The Balaban J connectivity index is 1.41. The Morgan fingerprint density at radius 2 is 1.58 bits per heavy atom. The van der Waals surface area contributed by atoms with Crippen LogP contribution < -0.4 is 9.47 Å². The molecule has 1 aliphatic carbocycles. The lowest BCUT2D eigenvalue weighted by molar-refractivity contribution is 0.0734. The van der Waals surface area contributed by atoms with Gasteiger partial charge in [0.2, 0.25) is 0 Å². The van der Waals surface area contributed by atoms with E-state index in [-0.39, 0.29) is 5.97 Å². The van der Waals surface area contributed by atoms with E-state index in [1.807, 2.05) is 12.1 Å². The Morgan fingerprint density at radius 1 is 0.903 bits per heavy atom. The van der Waals surface area contributed by atoms with Crippen molar-refractivity contribution in [1.82, 2.24) is 4.98 Å². The van der Waals surface area contributed by atoms with Crippen LogP contribution >= 0.6 is 0 Å². The highest BCUT2D eigenvalue weighted by molar-refractivity contribution is 5.91. The SMILES string of the molecule is CCCC[C@H]1CC[C@H](CCc2ccc(OC(=O)c3ccc(OCCC)cc3)cn2)CC1. The highest BCUT2D eigenvalue weighted by Gasteiger charge is 2.20. The van der Waals surface area contributed by atoms with Crippen molar-refractivity contribution in [2.45, 2.75) is 78.1 Å². The largest absolute Gasteiger partial charge is 0.494 e. The lowest BCUT2D eigenvalue weighted by Gasteiger charge is -2.28. The number of aryl methyl sites for hydroxylation is 1. The summed E-state index contributed by atoms with van der Waals surface area (Å²) in [6.07, 6.45) is 14.5. The molecule has 0 spiro atoms. The van der Waals surface area contributed by atoms with Gasteiger partial charge in [-0.1, -0.05) is 58.8 Å². The zero-order chi connectivity index (χ0) is 21.9. The van der Waals surface area contributed by atoms with Crippen LogP contribution in [-0.4, -0.2) is 17.6 Å². The van der Waals surface area contributed by atoms with Crippen molar-refractivity contribution in [3.8, 4) is 11.5 Å². The molecule has 3 rings (SSSR count). The van der Waals surface area contributed by atoms with Crippen LogP contribution in [0.5, 0.6) is 11.5 Å². The molecule has 1 aliphatic rings. The molecule has 1 aromatic heterocycles. The van der Waals surface area contributed by atoms with Crippen molar-refractivity contribution in [2.24, 2.45) is 11.8 Å². The van der Waals surface area contributed by atoms with E-state index in [1.54, 1.807) is 30.5 Å². The van der Waals surface area contributed by atoms with E-state index in [0.717, 1.165) is 36.1 Å². The van der Waals surface area contributed by atoms with Gasteiger partial charge in [-0.3, -0.25) is 4.98 Å². The molecule has 0 unspecified atom stereocenters. The summed E-state index contributed by atoms with van der Waals surface area (Å²) in [6.45, 7) is 5.01. The molecule has 0 N–H and O–H groups in total. The molecule has 0 saturated heterocycles. The van der Waals surface area contributed by atoms with Gasteiger partial charge in [0.25, 0.3) is 0 Å². The summed E-state index contributed by atoms with van der Waals surface area (Å²) in [4.78, 5) is 16.9. The molecule has 0 amide bonds. The first-order valence-electron chi connectivity index (χ1n) is 12.1. The number of pyridine rings is 1. The minimum atomic E-state index is -0.378. The molecule has 4 nitrogen and oxygen atoms in total. The number of nitrogens with zero attached hydrogens (tertiary/aromatic N) is 1. The first kappa shape index (κ1) is 23.3. The van der Waals surface area contributed by atoms with Gasteiger partial charge in [0.15, 0.2) is 0 Å². The molecule has 4 heteroatoms. The summed E-state index contributed by atoms with van der Waals surface area (Å²) in [7, 11) is 0. The second kappa shape index (κ2) is 12.5. The minimum Gasteiger partial charge on any atom is -0.494 e. The van der Waals surface area contributed by atoms with Gasteiger partial charge in [0.1, 0.15) is 11.5 Å². The first-order valence-corrected chi connectivity index (χ1v) is 12.1. The number of hydrogen-bond donors (Lipinski definition) is 0. The topological polar surface area (TPSA) is 48.4 Å². The number of ether oxygens (including phenoxy) is 2. The maximum absolute atomic E-state index is 12.4. The lowest BCUT2D eigenvalue weighted by Crippen LogP contribution is -2.15. The molecular weight excluding hydrogens is 386 g/mol. The summed E-state index contributed by atoms with van der Waals surface area (Å²) in [5.74, 6) is 2.66. The zero-order valence-corrected chi connectivity index (χ0v) is 19.1. The zero-order valence-electron chi connectivity index (χ0n) is 19.1. The summed E-state index contributed by atoms with van der Waals surface area (Å²) >= 11 is 0. The lowest BCUT2D eigenvalue weighted by atomic mass is 9.78. The molecule has 168 valence electrons. The fourth-order valence-corrected chi connectivity index (χ4v) is 4.35. The molecule has 1 heterocycles. The Bertz CT molecular complexity index is 777. The molecular formula is C27H37NO3. The van der Waals surface area contributed by atoms with E-state index in [9.17, 15) is 4.79 Å². The monoisotopic (exact) mass is 423 g/mol. The Morgan fingerprint density at radius 3 is 2.19 bits per heavy atom. The second-order valence-corrected chi connectivity index (χ2v) is 8.82. The highest BCUT2D eigenvalue weighted by Crippen LogP contribution is 2.34. The Kier molecular flexibility index (Phi) is 9.39.